The minimum absolute atomic E-state index is 0.0184. The van der Waals surface area contributed by atoms with Gasteiger partial charge in [0.1, 0.15) is 34.3 Å². The predicted octanol–water partition coefficient (Wildman–Crippen LogP) is 0.312. The van der Waals surface area contributed by atoms with Crippen LogP contribution in [0.1, 0.15) is 35.6 Å². The van der Waals surface area contributed by atoms with Crippen LogP contribution in [0.2, 0.25) is 0 Å². The molecule has 0 bridgehead atoms. The standard InChI is InChI=1S/C22H28N2O8/c1-10-5-15(26)18-20(29)13(8-24-7-11(25)6-14(24)22(30)31)19(28)17(21(18)32-10)12-3-4-23(2)9-16(12)27/h5,11-12,14,16,25,27-29H,3-4,6-9H2,1-2H3,(H,30,31). The molecule has 4 unspecified atom stereocenters. The number of aryl methyl sites for hydroxylation is 1. The zero-order valence-corrected chi connectivity index (χ0v) is 18.0. The van der Waals surface area contributed by atoms with Crippen molar-refractivity contribution in [2.75, 3.05) is 26.7 Å². The van der Waals surface area contributed by atoms with E-state index in [0.29, 0.717) is 25.3 Å². The van der Waals surface area contributed by atoms with Crippen molar-refractivity contribution < 1.29 is 34.7 Å². The lowest BCUT2D eigenvalue weighted by atomic mass is 9.84. The third kappa shape index (κ3) is 3.83. The van der Waals surface area contributed by atoms with Crippen molar-refractivity contribution in [3.8, 4) is 11.5 Å². The molecule has 0 spiro atoms. The number of aromatic hydroxyl groups is 2. The molecule has 0 radical (unpaired) electrons. The molecule has 4 rings (SSSR count). The Labute approximate surface area is 183 Å². The summed E-state index contributed by atoms with van der Waals surface area (Å²) in [5.74, 6) is -2.18. The monoisotopic (exact) mass is 448 g/mol. The quantitative estimate of drug-likeness (QED) is 0.441. The average molecular weight is 448 g/mol. The highest BCUT2D eigenvalue weighted by Crippen LogP contribution is 2.46. The Kier molecular flexibility index (Phi) is 5.89. The molecule has 174 valence electrons. The Morgan fingerprint density at radius 2 is 1.94 bits per heavy atom. The number of likely N-dealkylation sites (N-methyl/N-ethyl adjacent to an activating group) is 1. The van der Waals surface area contributed by atoms with Crippen LogP contribution >= 0.6 is 0 Å². The van der Waals surface area contributed by atoms with Gasteiger partial charge in [0.05, 0.1) is 17.8 Å². The summed E-state index contributed by atoms with van der Waals surface area (Å²) in [7, 11) is 1.87. The lowest BCUT2D eigenvalue weighted by Crippen LogP contribution is -2.40. The molecule has 2 fully saturated rings. The molecular formula is C22H28N2O8. The second kappa shape index (κ2) is 8.36. The maximum atomic E-state index is 12.8. The molecule has 1 aromatic carbocycles. The summed E-state index contributed by atoms with van der Waals surface area (Å²) in [6.45, 7) is 2.44. The number of nitrogens with zero attached hydrogens (tertiary/aromatic N) is 2. The van der Waals surface area contributed by atoms with Crippen molar-refractivity contribution in [3.05, 3.63) is 33.2 Å². The fourth-order valence-electron chi connectivity index (χ4n) is 4.99. The zero-order valence-electron chi connectivity index (χ0n) is 18.0. The van der Waals surface area contributed by atoms with E-state index in [-0.39, 0.29) is 47.4 Å². The molecule has 0 saturated carbocycles. The third-order valence-corrected chi connectivity index (χ3v) is 6.56. The van der Waals surface area contributed by atoms with E-state index < -0.39 is 41.3 Å². The summed E-state index contributed by atoms with van der Waals surface area (Å²) >= 11 is 0. The normalized spacial score (nSPS) is 27.2. The number of carboxylic acid groups (broad SMARTS) is 1. The Balaban J connectivity index is 1.91. The van der Waals surface area contributed by atoms with Gasteiger partial charge in [-0.3, -0.25) is 14.5 Å². The van der Waals surface area contributed by atoms with Gasteiger partial charge in [0, 0.05) is 43.6 Å². The first kappa shape index (κ1) is 22.5. The highest BCUT2D eigenvalue weighted by atomic mass is 16.4. The molecule has 0 aliphatic carbocycles. The number of aliphatic hydroxyl groups excluding tert-OH is 2. The lowest BCUT2D eigenvalue weighted by Gasteiger charge is -2.35. The molecule has 2 saturated heterocycles. The number of aliphatic carboxylic acids is 1. The van der Waals surface area contributed by atoms with E-state index in [4.69, 9.17) is 4.42 Å². The fourth-order valence-corrected chi connectivity index (χ4v) is 4.99. The number of benzene rings is 1. The number of carboxylic acids is 1. The van der Waals surface area contributed by atoms with E-state index in [2.05, 4.69) is 0 Å². The van der Waals surface area contributed by atoms with Crippen molar-refractivity contribution in [2.45, 2.75) is 50.5 Å². The first-order valence-corrected chi connectivity index (χ1v) is 10.6. The Bertz CT molecular complexity index is 1110. The summed E-state index contributed by atoms with van der Waals surface area (Å²) in [4.78, 5) is 27.8. The molecule has 5 N–H and O–H groups in total. The van der Waals surface area contributed by atoms with Gasteiger partial charge in [-0.2, -0.15) is 0 Å². The highest BCUT2D eigenvalue weighted by Gasteiger charge is 2.39. The van der Waals surface area contributed by atoms with Crippen molar-refractivity contribution in [1.29, 1.82) is 0 Å². The van der Waals surface area contributed by atoms with Crippen molar-refractivity contribution in [2.24, 2.45) is 0 Å². The van der Waals surface area contributed by atoms with E-state index in [1.807, 2.05) is 11.9 Å². The highest BCUT2D eigenvalue weighted by molar-refractivity contribution is 5.90. The smallest absolute Gasteiger partial charge is 0.321 e. The van der Waals surface area contributed by atoms with Crippen molar-refractivity contribution >= 4 is 16.9 Å². The first-order chi connectivity index (χ1) is 15.1. The summed E-state index contributed by atoms with van der Waals surface area (Å²) < 4.78 is 5.77. The van der Waals surface area contributed by atoms with Crippen LogP contribution in [-0.2, 0) is 11.3 Å². The molecule has 2 aliphatic heterocycles. The van der Waals surface area contributed by atoms with E-state index in [1.165, 1.54) is 11.0 Å². The van der Waals surface area contributed by atoms with Gasteiger partial charge in [-0.25, -0.2) is 0 Å². The van der Waals surface area contributed by atoms with E-state index >= 15 is 0 Å². The number of phenolic OH excluding ortho intramolecular Hbond substituents is 2. The molecule has 1 aromatic heterocycles. The molecule has 2 aromatic rings. The largest absolute Gasteiger partial charge is 0.507 e. The van der Waals surface area contributed by atoms with Crippen LogP contribution in [0.3, 0.4) is 0 Å². The number of aliphatic hydroxyl groups is 2. The Morgan fingerprint density at radius 3 is 2.59 bits per heavy atom. The number of rotatable bonds is 4. The van der Waals surface area contributed by atoms with Gasteiger partial charge in [-0.15, -0.1) is 0 Å². The first-order valence-electron chi connectivity index (χ1n) is 10.6. The van der Waals surface area contributed by atoms with Gasteiger partial charge < -0.3 is 34.8 Å². The molecule has 10 nitrogen and oxygen atoms in total. The van der Waals surface area contributed by atoms with Crippen LogP contribution in [0.25, 0.3) is 11.0 Å². The van der Waals surface area contributed by atoms with Crippen LogP contribution in [0.4, 0.5) is 0 Å². The SMILES string of the molecule is Cc1cc(=O)c2c(O)c(CN3CC(O)CC3C(=O)O)c(O)c(C3CCN(C)CC3O)c2o1. The van der Waals surface area contributed by atoms with Crippen LogP contribution in [0.5, 0.6) is 11.5 Å². The number of phenols is 2. The van der Waals surface area contributed by atoms with Crippen LogP contribution in [0, 0.1) is 6.92 Å². The van der Waals surface area contributed by atoms with Gasteiger partial charge in [-0.05, 0) is 26.9 Å². The van der Waals surface area contributed by atoms with E-state index in [0.717, 1.165) is 0 Å². The van der Waals surface area contributed by atoms with Crippen molar-refractivity contribution in [1.82, 2.24) is 9.80 Å². The maximum absolute atomic E-state index is 12.8. The minimum atomic E-state index is -1.12. The zero-order chi connectivity index (χ0) is 23.3. The fraction of sp³-hybridized carbons (Fsp3) is 0.545. The summed E-state index contributed by atoms with van der Waals surface area (Å²) in [5, 5.41) is 52.3. The minimum Gasteiger partial charge on any atom is -0.507 e. The van der Waals surface area contributed by atoms with E-state index in [1.54, 1.807) is 6.92 Å². The molecule has 0 amide bonds. The molecular weight excluding hydrogens is 420 g/mol. The number of carbonyl (C=O) groups is 1. The second-order valence-electron chi connectivity index (χ2n) is 8.91. The molecule has 2 aliphatic rings. The number of piperidine rings is 1. The molecule has 10 heteroatoms. The van der Waals surface area contributed by atoms with Crippen LogP contribution in [0.15, 0.2) is 15.3 Å². The average Bonchev–Trinajstić information content (AvgIpc) is 3.06. The summed E-state index contributed by atoms with van der Waals surface area (Å²) in [6.07, 6.45) is -1.19. The summed E-state index contributed by atoms with van der Waals surface area (Å²) in [6, 6.07) is 0.239. The second-order valence-corrected chi connectivity index (χ2v) is 8.91. The lowest BCUT2D eigenvalue weighted by molar-refractivity contribution is -0.142. The number of fused-ring (bicyclic) bond motifs is 1. The van der Waals surface area contributed by atoms with Gasteiger partial charge in [0.15, 0.2) is 5.43 Å². The number of β-amino-alcohol motifs (C(OH)–C–C–N with tert-alkyl or cyclic N) is 2. The van der Waals surface area contributed by atoms with Crippen LogP contribution < -0.4 is 5.43 Å². The Hall–Kier alpha value is -2.66. The van der Waals surface area contributed by atoms with Gasteiger partial charge in [-0.1, -0.05) is 0 Å². The van der Waals surface area contributed by atoms with Crippen LogP contribution in [-0.4, -0.2) is 86.2 Å². The predicted molar refractivity (Wildman–Crippen MR) is 114 cm³/mol. The molecule has 3 heterocycles. The third-order valence-electron chi connectivity index (χ3n) is 6.56. The van der Waals surface area contributed by atoms with Crippen molar-refractivity contribution in [3.63, 3.8) is 0 Å². The maximum Gasteiger partial charge on any atom is 0.321 e. The topological polar surface area (TPSA) is 155 Å². The van der Waals surface area contributed by atoms with E-state index in [9.17, 15) is 35.1 Å². The Morgan fingerprint density at radius 1 is 1.22 bits per heavy atom. The molecule has 4 atom stereocenters. The van der Waals surface area contributed by atoms with Gasteiger partial charge in [0.25, 0.3) is 0 Å². The number of likely N-dealkylation sites (tertiary alicyclic amines) is 2. The molecule has 32 heavy (non-hydrogen) atoms. The summed E-state index contributed by atoms with van der Waals surface area (Å²) in [5.41, 5.74) is -0.253. The van der Waals surface area contributed by atoms with Gasteiger partial charge in [0.2, 0.25) is 0 Å². The number of hydrogen-bond donors (Lipinski definition) is 5. The number of hydrogen-bond acceptors (Lipinski definition) is 9. The van der Waals surface area contributed by atoms with Gasteiger partial charge >= 0.3 is 5.97 Å².